The number of carboxylic acids is 1. The molecule has 2 fully saturated rings. The van der Waals surface area contributed by atoms with Crippen molar-refractivity contribution in [2.24, 2.45) is 5.92 Å². The van der Waals surface area contributed by atoms with Crippen LogP contribution in [0, 0.1) is 5.92 Å². The highest BCUT2D eigenvalue weighted by Gasteiger charge is 2.35. The Morgan fingerprint density at radius 3 is 2.32 bits per heavy atom. The largest absolute Gasteiger partial charge is 0.478 e. The van der Waals surface area contributed by atoms with Crippen molar-refractivity contribution in [2.45, 2.75) is 70.5 Å². The van der Waals surface area contributed by atoms with E-state index in [4.69, 9.17) is 5.11 Å². The summed E-state index contributed by atoms with van der Waals surface area (Å²) >= 11 is 0. The fourth-order valence-corrected chi connectivity index (χ4v) is 3.86. The molecule has 1 aromatic carbocycles. The zero-order valence-electron chi connectivity index (χ0n) is 13.5. The van der Waals surface area contributed by atoms with Crippen LogP contribution in [0.5, 0.6) is 0 Å². The van der Waals surface area contributed by atoms with Crippen LogP contribution >= 0.6 is 0 Å². The minimum Gasteiger partial charge on any atom is -0.478 e. The Labute approximate surface area is 133 Å². The molecule has 2 saturated carbocycles. The van der Waals surface area contributed by atoms with Crippen molar-refractivity contribution in [3.8, 4) is 0 Å². The number of rotatable bonds is 6. The maximum absolute atomic E-state index is 11.1. The molecule has 1 aromatic rings. The minimum atomic E-state index is -0.830. The average molecular weight is 301 g/mol. The zero-order chi connectivity index (χ0) is 15.5. The van der Waals surface area contributed by atoms with Crippen LogP contribution in [-0.2, 0) is 6.54 Å². The second kappa shape index (κ2) is 6.82. The van der Waals surface area contributed by atoms with Crippen LogP contribution in [0.4, 0.5) is 0 Å². The summed E-state index contributed by atoms with van der Waals surface area (Å²) in [4.78, 5) is 13.8. The predicted molar refractivity (Wildman–Crippen MR) is 88.0 cm³/mol. The molecule has 22 heavy (non-hydrogen) atoms. The molecular formula is C19H27NO2. The van der Waals surface area contributed by atoms with Crippen molar-refractivity contribution < 1.29 is 9.90 Å². The minimum absolute atomic E-state index is 0.405. The van der Waals surface area contributed by atoms with Crippen molar-refractivity contribution in [2.75, 3.05) is 0 Å². The Balaban J connectivity index is 1.67. The van der Waals surface area contributed by atoms with E-state index in [1.165, 1.54) is 44.9 Å². The molecule has 3 heteroatoms. The van der Waals surface area contributed by atoms with E-state index in [2.05, 4.69) is 17.9 Å². The van der Waals surface area contributed by atoms with Gasteiger partial charge in [-0.1, -0.05) is 25.5 Å². The molecule has 0 bridgehead atoms. The molecule has 0 aliphatic heterocycles. The molecule has 0 aromatic heterocycles. The van der Waals surface area contributed by atoms with Gasteiger partial charge in [-0.05, 0) is 62.1 Å². The Bertz CT molecular complexity index is 516. The smallest absolute Gasteiger partial charge is 0.335 e. The molecule has 2 aliphatic rings. The van der Waals surface area contributed by atoms with E-state index >= 15 is 0 Å². The molecule has 0 unspecified atom stereocenters. The Morgan fingerprint density at radius 1 is 1.14 bits per heavy atom. The second-order valence-electron chi connectivity index (χ2n) is 6.99. The van der Waals surface area contributed by atoms with Crippen LogP contribution in [-0.4, -0.2) is 28.1 Å². The highest BCUT2D eigenvalue weighted by atomic mass is 16.4. The van der Waals surface area contributed by atoms with E-state index in [1.54, 1.807) is 6.07 Å². The van der Waals surface area contributed by atoms with Crippen LogP contribution in [0.1, 0.15) is 67.8 Å². The molecule has 3 nitrogen and oxygen atoms in total. The number of carboxylic acid groups (broad SMARTS) is 1. The van der Waals surface area contributed by atoms with Gasteiger partial charge in [0.1, 0.15) is 0 Å². The Kier molecular flexibility index (Phi) is 4.82. The average Bonchev–Trinajstić information content (AvgIpc) is 3.38. The number of benzene rings is 1. The normalized spacial score (nSPS) is 25.4. The number of aromatic carboxylic acids is 1. The summed E-state index contributed by atoms with van der Waals surface area (Å²) in [7, 11) is 0. The topological polar surface area (TPSA) is 40.5 Å². The number of hydrogen-bond donors (Lipinski definition) is 1. The molecule has 0 atom stereocenters. The monoisotopic (exact) mass is 301 g/mol. The molecule has 0 radical (unpaired) electrons. The molecule has 120 valence electrons. The lowest BCUT2D eigenvalue weighted by Crippen LogP contribution is -2.39. The summed E-state index contributed by atoms with van der Waals surface area (Å²) in [6.45, 7) is 3.22. The molecule has 0 amide bonds. The first-order valence-corrected chi connectivity index (χ1v) is 8.75. The summed E-state index contributed by atoms with van der Waals surface area (Å²) in [6, 6.07) is 8.90. The summed E-state index contributed by atoms with van der Waals surface area (Å²) < 4.78 is 0. The maximum Gasteiger partial charge on any atom is 0.335 e. The first-order chi connectivity index (χ1) is 10.7. The van der Waals surface area contributed by atoms with Gasteiger partial charge in [0.05, 0.1) is 5.56 Å². The Hall–Kier alpha value is -1.35. The van der Waals surface area contributed by atoms with Crippen LogP contribution in [0.25, 0.3) is 0 Å². The van der Waals surface area contributed by atoms with Gasteiger partial charge in [0.2, 0.25) is 0 Å². The zero-order valence-corrected chi connectivity index (χ0v) is 13.5. The summed E-state index contributed by atoms with van der Waals surface area (Å²) in [5.41, 5.74) is 1.55. The fourth-order valence-electron chi connectivity index (χ4n) is 3.86. The fraction of sp³-hybridized carbons (Fsp3) is 0.632. The van der Waals surface area contributed by atoms with Crippen molar-refractivity contribution in [3.63, 3.8) is 0 Å². The van der Waals surface area contributed by atoms with E-state index in [9.17, 15) is 4.79 Å². The first kappa shape index (κ1) is 15.5. The van der Waals surface area contributed by atoms with Crippen molar-refractivity contribution in [1.29, 1.82) is 0 Å². The Morgan fingerprint density at radius 2 is 1.77 bits per heavy atom. The summed E-state index contributed by atoms with van der Waals surface area (Å²) in [5.74, 6) is 0.0934. The van der Waals surface area contributed by atoms with Gasteiger partial charge >= 0.3 is 5.97 Å². The van der Waals surface area contributed by atoms with E-state index in [0.29, 0.717) is 11.6 Å². The van der Waals surface area contributed by atoms with Crippen molar-refractivity contribution >= 4 is 5.97 Å². The molecule has 0 spiro atoms. The summed E-state index contributed by atoms with van der Waals surface area (Å²) in [5, 5.41) is 9.16. The van der Waals surface area contributed by atoms with E-state index < -0.39 is 5.97 Å². The van der Waals surface area contributed by atoms with Gasteiger partial charge in [-0.2, -0.15) is 0 Å². The lowest BCUT2D eigenvalue weighted by atomic mass is 9.83. The van der Waals surface area contributed by atoms with Gasteiger partial charge in [0.15, 0.2) is 0 Å². The first-order valence-electron chi connectivity index (χ1n) is 8.75. The van der Waals surface area contributed by atoms with Gasteiger partial charge in [-0.25, -0.2) is 4.79 Å². The number of nitrogens with zero attached hydrogens (tertiary/aromatic N) is 1. The predicted octanol–water partition coefficient (Wildman–Crippen LogP) is 4.32. The van der Waals surface area contributed by atoms with E-state index in [1.807, 2.05) is 12.1 Å². The highest BCUT2D eigenvalue weighted by molar-refractivity contribution is 5.87. The van der Waals surface area contributed by atoms with Crippen LogP contribution < -0.4 is 0 Å². The highest BCUT2D eigenvalue weighted by Crippen LogP contribution is 2.37. The lowest BCUT2D eigenvalue weighted by molar-refractivity contribution is 0.0696. The third-order valence-electron chi connectivity index (χ3n) is 5.42. The number of carbonyl (C=O) groups is 1. The van der Waals surface area contributed by atoms with E-state index in [-0.39, 0.29) is 0 Å². The molecule has 0 saturated heterocycles. The van der Waals surface area contributed by atoms with Crippen molar-refractivity contribution in [1.82, 2.24) is 4.90 Å². The standard InChI is InChI=1S/C19H27NO2/c1-2-14-6-8-17(9-7-14)20(18-10-11-18)13-15-4-3-5-16(12-15)19(21)22/h3-5,12,14,17-18H,2,6-11,13H2,1H3,(H,21,22). The molecular weight excluding hydrogens is 274 g/mol. The third kappa shape index (κ3) is 3.70. The van der Waals surface area contributed by atoms with E-state index in [0.717, 1.165) is 24.1 Å². The van der Waals surface area contributed by atoms with Gasteiger partial charge in [-0.15, -0.1) is 0 Å². The van der Waals surface area contributed by atoms with Gasteiger partial charge in [-0.3, -0.25) is 4.90 Å². The lowest BCUT2D eigenvalue weighted by Gasteiger charge is -2.37. The maximum atomic E-state index is 11.1. The quantitative estimate of drug-likeness (QED) is 0.850. The van der Waals surface area contributed by atoms with Gasteiger partial charge in [0, 0.05) is 18.6 Å². The molecule has 2 aliphatic carbocycles. The third-order valence-corrected chi connectivity index (χ3v) is 5.42. The molecule has 0 heterocycles. The summed E-state index contributed by atoms with van der Waals surface area (Å²) in [6.07, 6.45) is 9.29. The van der Waals surface area contributed by atoms with Crippen LogP contribution in [0.2, 0.25) is 0 Å². The van der Waals surface area contributed by atoms with Crippen LogP contribution in [0.15, 0.2) is 24.3 Å². The SMILES string of the molecule is CCC1CCC(N(Cc2cccc(C(=O)O)c2)C2CC2)CC1. The van der Waals surface area contributed by atoms with Crippen LogP contribution in [0.3, 0.4) is 0 Å². The second-order valence-corrected chi connectivity index (χ2v) is 6.99. The molecule has 3 rings (SSSR count). The van der Waals surface area contributed by atoms with Gasteiger partial charge < -0.3 is 5.11 Å². The van der Waals surface area contributed by atoms with Gasteiger partial charge in [0.25, 0.3) is 0 Å². The number of hydrogen-bond acceptors (Lipinski definition) is 2. The van der Waals surface area contributed by atoms with Crippen molar-refractivity contribution in [3.05, 3.63) is 35.4 Å². The molecule has 1 N–H and O–H groups in total.